The number of amides is 1. The molecule has 0 bridgehead atoms. The Bertz CT molecular complexity index is 641. The number of hydrogen-bond acceptors (Lipinski definition) is 4. The Balaban J connectivity index is 1.55. The standard InChI is InChI=1S/C19H26ClF2N3O2/c20-16-4-5-17(27-19(21)22)15(12-16)13-23-6-3-7-24(11-10-23)14-18(26)25-8-1-2-9-25/h4-5,12,19H,1-3,6-11,13-14H2. The Morgan fingerprint density at radius 1 is 1.04 bits per heavy atom. The number of alkyl halides is 2. The molecule has 0 spiro atoms. The van der Waals surface area contributed by atoms with Gasteiger partial charge in [0.2, 0.25) is 5.91 Å². The van der Waals surface area contributed by atoms with Gasteiger partial charge in [-0.05, 0) is 50.6 Å². The van der Waals surface area contributed by atoms with E-state index in [1.807, 2.05) is 4.90 Å². The summed E-state index contributed by atoms with van der Waals surface area (Å²) in [5.41, 5.74) is 0.657. The topological polar surface area (TPSA) is 36.0 Å². The number of ether oxygens (including phenoxy) is 1. The van der Waals surface area contributed by atoms with E-state index in [4.69, 9.17) is 11.6 Å². The van der Waals surface area contributed by atoms with Crippen LogP contribution >= 0.6 is 11.6 Å². The summed E-state index contributed by atoms with van der Waals surface area (Å²) in [5.74, 6) is 0.378. The number of nitrogens with zero attached hydrogens (tertiary/aromatic N) is 3. The number of carbonyl (C=O) groups excluding carboxylic acids is 1. The monoisotopic (exact) mass is 401 g/mol. The molecule has 0 atom stereocenters. The molecule has 8 heteroatoms. The lowest BCUT2D eigenvalue weighted by molar-refractivity contribution is -0.131. The van der Waals surface area contributed by atoms with E-state index in [1.165, 1.54) is 6.07 Å². The van der Waals surface area contributed by atoms with Crippen LogP contribution in [0, 0.1) is 0 Å². The van der Waals surface area contributed by atoms with E-state index >= 15 is 0 Å². The highest BCUT2D eigenvalue weighted by atomic mass is 35.5. The van der Waals surface area contributed by atoms with Gasteiger partial charge in [0.15, 0.2) is 0 Å². The molecule has 2 fully saturated rings. The molecule has 0 saturated carbocycles. The molecule has 1 aromatic carbocycles. The van der Waals surface area contributed by atoms with Crippen LogP contribution in [0.3, 0.4) is 0 Å². The van der Waals surface area contributed by atoms with Crippen LogP contribution in [0.5, 0.6) is 5.75 Å². The highest BCUT2D eigenvalue weighted by Crippen LogP contribution is 2.26. The fraction of sp³-hybridized carbons (Fsp3) is 0.632. The summed E-state index contributed by atoms with van der Waals surface area (Å²) in [4.78, 5) is 18.7. The predicted octanol–water partition coefficient (Wildman–Crippen LogP) is 3.07. The van der Waals surface area contributed by atoms with Crippen molar-refractivity contribution in [2.75, 3.05) is 45.8 Å². The molecule has 27 heavy (non-hydrogen) atoms. The average molecular weight is 402 g/mol. The second kappa shape index (κ2) is 9.66. The first-order chi connectivity index (χ1) is 13.0. The molecule has 1 aromatic rings. The van der Waals surface area contributed by atoms with Gasteiger partial charge >= 0.3 is 6.61 Å². The highest BCUT2D eigenvalue weighted by Gasteiger charge is 2.23. The maximum absolute atomic E-state index is 12.6. The van der Waals surface area contributed by atoms with Crippen molar-refractivity contribution in [1.29, 1.82) is 0 Å². The first kappa shape index (κ1) is 20.3. The van der Waals surface area contributed by atoms with Crippen molar-refractivity contribution < 1.29 is 18.3 Å². The fourth-order valence-corrected chi connectivity index (χ4v) is 3.92. The van der Waals surface area contributed by atoms with Gasteiger partial charge in [-0.3, -0.25) is 14.6 Å². The maximum Gasteiger partial charge on any atom is 0.387 e. The number of benzene rings is 1. The van der Waals surface area contributed by atoms with Gasteiger partial charge in [-0.1, -0.05) is 11.6 Å². The minimum Gasteiger partial charge on any atom is -0.434 e. The van der Waals surface area contributed by atoms with E-state index in [-0.39, 0.29) is 11.7 Å². The summed E-state index contributed by atoms with van der Waals surface area (Å²) < 4.78 is 29.9. The summed E-state index contributed by atoms with van der Waals surface area (Å²) in [7, 11) is 0. The van der Waals surface area contributed by atoms with Crippen LogP contribution in [0.1, 0.15) is 24.8 Å². The van der Waals surface area contributed by atoms with Crippen LogP contribution < -0.4 is 4.74 Å². The third kappa shape index (κ3) is 6.02. The van der Waals surface area contributed by atoms with Crippen molar-refractivity contribution in [2.24, 2.45) is 0 Å². The molecular formula is C19H26ClF2N3O2. The van der Waals surface area contributed by atoms with E-state index in [0.29, 0.717) is 23.7 Å². The van der Waals surface area contributed by atoms with Crippen LogP contribution in [0.2, 0.25) is 5.02 Å². The van der Waals surface area contributed by atoms with E-state index in [9.17, 15) is 13.6 Å². The SMILES string of the molecule is O=C(CN1CCCN(Cc2cc(Cl)ccc2OC(F)F)CC1)N1CCCC1. The zero-order valence-corrected chi connectivity index (χ0v) is 16.1. The van der Waals surface area contributed by atoms with Crippen LogP contribution in [0.4, 0.5) is 8.78 Å². The third-order valence-electron chi connectivity index (χ3n) is 5.13. The van der Waals surface area contributed by atoms with Gasteiger partial charge in [-0.15, -0.1) is 0 Å². The Kier molecular flexibility index (Phi) is 7.26. The number of hydrogen-bond donors (Lipinski definition) is 0. The van der Waals surface area contributed by atoms with Crippen molar-refractivity contribution in [1.82, 2.24) is 14.7 Å². The van der Waals surface area contributed by atoms with Gasteiger partial charge in [0.25, 0.3) is 0 Å². The molecule has 2 aliphatic rings. The number of likely N-dealkylation sites (tertiary alicyclic amines) is 1. The first-order valence-electron chi connectivity index (χ1n) is 9.47. The smallest absolute Gasteiger partial charge is 0.387 e. The van der Waals surface area contributed by atoms with Crippen LogP contribution in [-0.2, 0) is 11.3 Å². The first-order valence-corrected chi connectivity index (χ1v) is 9.85. The molecule has 0 radical (unpaired) electrons. The molecular weight excluding hydrogens is 376 g/mol. The van der Waals surface area contributed by atoms with E-state index in [0.717, 1.165) is 58.5 Å². The normalized spacial score (nSPS) is 19.5. The summed E-state index contributed by atoms with van der Waals surface area (Å²) in [6.45, 7) is 3.11. The predicted molar refractivity (Wildman–Crippen MR) is 100 cm³/mol. The Morgan fingerprint density at radius 2 is 1.74 bits per heavy atom. The minimum absolute atomic E-state index is 0.166. The molecule has 3 rings (SSSR count). The minimum atomic E-state index is -2.86. The molecule has 0 aliphatic carbocycles. The maximum atomic E-state index is 12.6. The van der Waals surface area contributed by atoms with Gasteiger partial charge < -0.3 is 9.64 Å². The lowest BCUT2D eigenvalue weighted by Gasteiger charge is -2.24. The Morgan fingerprint density at radius 3 is 2.48 bits per heavy atom. The number of carbonyl (C=O) groups is 1. The van der Waals surface area contributed by atoms with Gasteiger partial charge in [0.1, 0.15) is 5.75 Å². The summed E-state index contributed by atoms with van der Waals surface area (Å²) in [6, 6.07) is 4.72. The van der Waals surface area contributed by atoms with E-state index in [2.05, 4.69) is 14.5 Å². The summed E-state index contributed by atoms with van der Waals surface area (Å²) in [5, 5.41) is 0.499. The number of halogens is 3. The van der Waals surface area contributed by atoms with Gasteiger partial charge in [-0.25, -0.2) is 0 Å². The van der Waals surface area contributed by atoms with Gasteiger partial charge in [-0.2, -0.15) is 8.78 Å². The molecule has 0 N–H and O–H groups in total. The van der Waals surface area contributed by atoms with E-state index < -0.39 is 6.61 Å². The second-order valence-electron chi connectivity index (χ2n) is 7.12. The lowest BCUT2D eigenvalue weighted by atomic mass is 10.2. The van der Waals surface area contributed by atoms with E-state index in [1.54, 1.807) is 12.1 Å². The Labute approximate surface area is 163 Å². The molecule has 2 heterocycles. The molecule has 0 unspecified atom stereocenters. The Hall–Kier alpha value is -1.44. The average Bonchev–Trinajstić information content (AvgIpc) is 3.07. The van der Waals surface area contributed by atoms with Gasteiger partial charge in [0.05, 0.1) is 6.54 Å². The van der Waals surface area contributed by atoms with Crippen molar-refractivity contribution >= 4 is 17.5 Å². The highest BCUT2D eigenvalue weighted by molar-refractivity contribution is 6.30. The van der Waals surface area contributed by atoms with Crippen LogP contribution in [0.15, 0.2) is 18.2 Å². The molecule has 1 amide bonds. The lowest BCUT2D eigenvalue weighted by Crippen LogP contribution is -2.40. The second-order valence-corrected chi connectivity index (χ2v) is 7.56. The van der Waals surface area contributed by atoms with Crippen molar-refractivity contribution in [3.05, 3.63) is 28.8 Å². The van der Waals surface area contributed by atoms with Crippen LogP contribution in [0.25, 0.3) is 0 Å². The molecule has 2 saturated heterocycles. The third-order valence-corrected chi connectivity index (χ3v) is 5.37. The quantitative estimate of drug-likeness (QED) is 0.734. The summed E-state index contributed by atoms with van der Waals surface area (Å²) >= 11 is 6.03. The van der Waals surface area contributed by atoms with Crippen molar-refractivity contribution in [3.63, 3.8) is 0 Å². The van der Waals surface area contributed by atoms with Crippen LogP contribution in [-0.4, -0.2) is 73.0 Å². The molecule has 0 aromatic heterocycles. The van der Waals surface area contributed by atoms with Crippen molar-refractivity contribution in [3.8, 4) is 5.75 Å². The summed E-state index contributed by atoms with van der Waals surface area (Å²) in [6.07, 6.45) is 3.13. The molecule has 5 nitrogen and oxygen atoms in total. The number of rotatable bonds is 6. The molecule has 2 aliphatic heterocycles. The fourth-order valence-electron chi connectivity index (χ4n) is 3.72. The van der Waals surface area contributed by atoms with Crippen molar-refractivity contribution in [2.45, 2.75) is 32.4 Å². The zero-order valence-electron chi connectivity index (χ0n) is 15.4. The van der Waals surface area contributed by atoms with Gasteiger partial charge in [0, 0.05) is 43.3 Å². The largest absolute Gasteiger partial charge is 0.434 e. The molecule has 150 valence electrons. The zero-order chi connectivity index (χ0) is 19.2.